The second-order valence-corrected chi connectivity index (χ2v) is 9.10. The molecule has 2 aliphatic heterocycles. The van der Waals surface area contributed by atoms with Gasteiger partial charge in [0.25, 0.3) is 0 Å². The zero-order chi connectivity index (χ0) is 21.7. The Kier molecular flexibility index (Phi) is 3.76. The third-order valence-electron chi connectivity index (χ3n) is 6.16. The van der Waals surface area contributed by atoms with Crippen molar-refractivity contribution in [2.45, 2.75) is 18.4 Å². The third kappa shape index (κ3) is 2.14. The Labute approximate surface area is 193 Å². The molecule has 3 aromatic carbocycles. The zero-order valence-corrected chi connectivity index (χ0v) is 18.5. The van der Waals surface area contributed by atoms with Crippen LogP contribution in [0.4, 0.5) is 17.1 Å². The molecule has 6 rings (SSSR count). The third-order valence-corrected chi connectivity index (χ3v) is 7.06. The molecule has 5 nitrogen and oxygen atoms in total. The second-order valence-electron chi connectivity index (χ2n) is 7.89. The van der Waals surface area contributed by atoms with Crippen molar-refractivity contribution in [1.82, 2.24) is 0 Å². The molecule has 0 spiro atoms. The summed E-state index contributed by atoms with van der Waals surface area (Å²) >= 11 is 18.5. The lowest BCUT2D eigenvalue weighted by atomic mass is 9.95. The number of benzene rings is 3. The maximum atomic E-state index is 12.3. The predicted molar refractivity (Wildman–Crippen MR) is 127 cm³/mol. The molecule has 1 fully saturated rings. The van der Waals surface area contributed by atoms with Gasteiger partial charge in [0.15, 0.2) is 5.11 Å². The van der Waals surface area contributed by atoms with Crippen LogP contribution in [0.25, 0.3) is 0 Å². The number of rotatable bonds is 1. The van der Waals surface area contributed by atoms with Crippen molar-refractivity contribution in [3.8, 4) is 0 Å². The van der Waals surface area contributed by atoms with Gasteiger partial charge in [-0.05, 0) is 55.0 Å². The van der Waals surface area contributed by atoms with Gasteiger partial charge in [-0.15, -0.1) is 0 Å². The van der Waals surface area contributed by atoms with E-state index < -0.39 is 11.4 Å². The predicted octanol–water partition coefficient (Wildman–Crippen LogP) is 4.90. The summed E-state index contributed by atoms with van der Waals surface area (Å²) in [5.74, 6) is 0. The molecule has 0 saturated carbocycles. The number of halogens is 2. The fraction of sp³-hybridized carbons (Fsp3) is 0.130. The van der Waals surface area contributed by atoms with E-state index >= 15 is 0 Å². The molecule has 2 heterocycles. The summed E-state index contributed by atoms with van der Waals surface area (Å²) in [5, 5.41) is 25.5. The smallest absolute Gasteiger partial charge is 0.243 e. The van der Waals surface area contributed by atoms with Crippen molar-refractivity contribution in [3.05, 3.63) is 87.4 Å². The molecule has 0 bridgehead atoms. The van der Waals surface area contributed by atoms with Crippen LogP contribution in [0.1, 0.15) is 16.7 Å². The van der Waals surface area contributed by atoms with Gasteiger partial charge in [0, 0.05) is 16.1 Å². The topological polar surface area (TPSA) is 59.3 Å². The molecule has 8 heteroatoms. The first-order chi connectivity index (χ1) is 14.8. The number of aliphatic hydroxyl groups is 2. The molecule has 154 valence electrons. The monoisotopic (exact) mass is 467 g/mol. The van der Waals surface area contributed by atoms with E-state index in [0.29, 0.717) is 43.9 Å². The van der Waals surface area contributed by atoms with Crippen LogP contribution in [-0.4, -0.2) is 26.8 Å². The summed E-state index contributed by atoms with van der Waals surface area (Å²) in [4.78, 5) is 7.85. The summed E-state index contributed by atoms with van der Waals surface area (Å²) in [5.41, 5.74) is 0.314. The quantitative estimate of drug-likeness (QED) is 0.498. The van der Waals surface area contributed by atoms with Crippen LogP contribution in [0.15, 0.2) is 65.7 Å². The van der Waals surface area contributed by atoms with Crippen molar-refractivity contribution >= 4 is 63.3 Å². The first kappa shape index (κ1) is 19.2. The van der Waals surface area contributed by atoms with Crippen LogP contribution >= 0.6 is 35.4 Å². The van der Waals surface area contributed by atoms with Crippen LogP contribution in [0.5, 0.6) is 0 Å². The minimum absolute atomic E-state index is 0.211. The Morgan fingerprint density at radius 2 is 1.65 bits per heavy atom. The average Bonchev–Trinajstić information content (AvgIpc) is 3.04. The molecule has 1 aliphatic carbocycles. The number of nitrogens with zero attached hydrogens (tertiary/aromatic N) is 3. The van der Waals surface area contributed by atoms with Gasteiger partial charge in [0.1, 0.15) is 5.71 Å². The molecule has 2 atom stereocenters. The van der Waals surface area contributed by atoms with Gasteiger partial charge in [0.05, 0.1) is 22.1 Å². The van der Waals surface area contributed by atoms with Crippen LogP contribution in [0.3, 0.4) is 0 Å². The molecule has 0 amide bonds. The summed E-state index contributed by atoms with van der Waals surface area (Å²) in [7, 11) is 0. The van der Waals surface area contributed by atoms with Gasteiger partial charge in [-0.3, -0.25) is 9.80 Å². The first-order valence-electron chi connectivity index (χ1n) is 9.62. The highest BCUT2D eigenvalue weighted by atomic mass is 35.5. The van der Waals surface area contributed by atoms with E-state index in [2.05, 4.69) is 0 Å². The second kappa shape index (κ2) is 6.06. The summed E-state index contributed by atoms with van der Waals surface area (Å²) in [6.07, 6.45) is 0. The van der Waals surface area contributed by atoms with E-state index in [9.17, 15) is 10.2 Å². The van der Waals surface area contributed by atoms with E-state index in [0.717, 1.165) is 5.56 Å². The zero-order valence-electron chi connectivity index (χ0n) is 16.2. The Morgan fingerprint density at radius 1 is 0.903 bits per heavy atom. The highest BCUT2D eigenvalue weighted by Crippen LogP contribution is 2.60. The number of hydrogen-bond acceptors (Lipinski definition) is 4. The Morgan fingerprint density at radius 3 is 2.42 bits per heavy atom. The highest BCUT2D eigenvalue weighted by Gasteiger charge is 2.75. The van der Waals surface area contributed by atoms with E-state index in [1.165, 1.54) is 4.90 Å². The molecular formula is C23H15Cl2N3O2S. The van der Waals surface area contributed by atoms with Crippen LogP contribution in [0, 0.1) is 6.92 Å². The van der Waals surface area contributed by atoms with E-state index in [1.54, 1.807) is 29.2 Å². The van der Waals surface area contributed by atoms with Gasteiger partial charge < -0.3 is 10.2 Å². The van der Waals surface area contributed by atoms with Crippen molar-refractivity contribution in [2.24, 2.45) is 4.99 Å². The molecule has 0 radical (unpaired) electrons. The lowest BCUT2D eigenvalue weighted by molar-refractivity contribution is -0.0845. The maximum Gasteiger partial charge on any atom is 0.243 e. The van der Waals surface area contributed by atoms with Crippen LogP contribution in [-0.2, 0) is 5.72 Å². The summed E-state index contributed by atoms with van der Waals surface area (Å²) in [6.45, 7) is 1.95. The number of anilines is 2. The van der Waals surface area contributed by atoms with Gasteiger partial charge in [-0.25, -0.2) is 4.99 Å². The van der Waals surface area contributed by atoms with Crippen molar-refractivity contribution < 1.29 is 10.2 Å². The van der Waals surface area contributed by atoms with Gasteiger partial charge in [-0.2, -0.15) is 0 Å². The molecule has 0 aromatic heterocycles. The SMILES string of the molecule is Cc1ccc2c(c1)N1C(=S)N(c3ccc(Cl)cc3Cl)[C@@]3(O)c4ccccc4C(=N2)[C@@]13O. The van der Waals surface area contributed by atoms with E-state index in [4.69, 9.17) is 40.4 Å². The molecule has 31 heavy (non-hydrogen) atoms. The number of aliphatic imine (C=N–C) groups is 1. The number of aryl methyl sites for hydroxylation is 1. The van der Waals surface area contributed by atoms with Gasteiger partial charge in [-0.1, -0.05) is 53.5 Å². The largest absolute Gasteiger partial charge is 0.362 e. The Bertz CT molecular complexity index is 1360. The van der Waals surface area contributed by atoms with E-state index in [-0.39, 0.29) is 5.11 Å². The van der Waals surface area contributed by atoms with Crippen LogP contribution in [0.2, 0.25) is 10.0 Å². The highest BCUT2D eigenvalue weighted by molar-refractivity contribution is 7.80. The minimum Gasteiger partial charge on any atom is -0.362 e. The normalized spacial score (nSPS) is 25.3. The summed E-state index contributed by atoms with van der Waals surface area (Å²) in [6, 6.07) is 17.9. The Hall–Kier alpha value is -2.48. The fourth-order valence-corrected chi connectivity index (χ4v) is 5.79. The molecule has 3 aromatic rings. The fourth-order valence-electron chi connectivity index (χ4n) is 4.83. The Balaban J connectivity index is 1.74. The first-order valence-corrected chi connectivity index (χ1v) is 10.8. The van der Waals surface area contributed by atoms with E-state index in [1.807, 2.05) is 43.3 Å². The number of hydrogen-bond donors (Lipinski definition) is 2. The van der Waals surface area contributed by atoms with Crippen molar-refractivity contribution in [2.75, 3.05) is 9.80 Å². The molecule has 0 unspecified atom stereocenters. The standard InChI is InChI=1S/C23H15Cl2N3O2S/c1-12-6-8-17-19(10-12)28-21(31)27(18-9-7-13(24)11-16(18)25)22(29)15-5-3-2-4-14(15)20(26-17)23(22,28)30/h2-11,29-30H,1H3/t22-,23+/m1/s1. The minimum atomic E-state index is -1.95. The molecule has 1 saturated heterocycles. The van der Waals surface area contributed by atoms with Crippen molar-refractivity contribution in [1.29, 1.82) is 0 Å². The molecule has 3 aliphatic rings. The van der Waals surface area contributed by atoms with Gasteiger partial charge in [0.2, 0.25) is 11.4 Å². The van der Waals surface area contributed by atoms with Gasteiger partial charge >= 0.3 is 0 Å². The number of fused-ring (bicyclic) bond motifs is 5. The maximum absolute atomic E-state index is 12.3. The van der Waals surface area contributed by atoms with Crippen LogP contribution < -0.4 is 9.80 Å². The molecular weight excluding hydrogens is 453 g/mol. The van der Waals surface area contributed by atoms with Crippen molar-refractivity contribution in [3.63, 3.8) is 0 Å². The molecule has 2 N–H and O–H groups in total. The average molecular weight is 468 g/mol. The lowest BCUT2D eigenvalue weighted by Crippen LogP contribution is -2.61. The lowest BCUT2D eigenvalue weighted by Gasteiger charge is -2.40. The number of thiocarbonyl (C=S) groups is 1. The summed E-state index contributed by atoms with van der Waals surface area (Å²) < 4.78 is 0.